The first-order valence-electron chi connectivity index (χ1n) is 6.32. The molecule has 18 heavy (non-hydrogen) atoms. The largest absolute Gasteiger partial charge is 0.385 e. The summed E-state index contributed by atoms with van der Waals surface area (Å²) in [4.78, 5) is 8.70. The van der Waals surface area contributed by atoms with Gasteiger partial charge in [-0.05, 0) is 25.8 Å². The second-order valence-electron chi connectivity index (χ2n) is 4.32. The van der Waals surface area contributed by atoms with Crippen LogP contribution in [0, 0.1) is 0 Å². The Morgan fingerprint density at radius 1 is 1.50 bits per heavy atom. The molecule has 0 saturated heterocycles. The van der Waals surface area contributed by atoms with Crippen LogP contribution in [0.2, 0.25) is 0 Å². The lowest BCUT2D eigenvalue weighted by atomic mass is 10.1. The smallest absolute Gasteiger partial charge is 0.126 e. The summed E-state index contributed by atoms with van der Waals surface area (Å²) in [6, 6.07) is 1.93. The molecule has 0 aliphatic carbocycles. The number of nitrogens with zero attached hydrogens (tertiary/aromatic N) is 3. The summed E-state index contributed by atoms with van der Waals surface area (Å²) in [5.74, 6) is 0.941. The molecule has 0 amide bonds. The highest BCUT2D eigenvalue weighted by atomic mass is 16.5. The summed E-state index contributed by atoms with van der Waals surface area (Å²) < 4.78 is 7.21. The number of ether oxygens (including phenoxy) is 1. The lowest BCUT2D eigenvalue weighted by molar-refractivity contribution is 0.190. The van der Waals surface area contributed by atoms with Gasteiger partial charge in [0, 0.05) is 26.5 Å². The lowest BCUT2D eigenvalue weighted by Crippen LogP contribution is -2.17. The molecule has 0 aliphatic heterocycles. The normalized spacial score (nSPS) is 13.1. The summed E-state index contributed by atoms with van der Waals surface area (Å²) in [6.45, 7) is 3.71. The maximum absolute atomic E-state index is 6.22. The summed E-state index contributed by atoms with van der Waals surface area (Å²) in [6.07, 6.45) is 5.40. The van der Waals surface area contributed by atoms with Crippen LogP contribution in [0.1, 0.15) is 31.6 Å². The fraction of sp³-hybridized carbons (Fsp3) is 0.538. The monoisotopic (exact) mass is 248 g/mol. The molecule has 2 heterocycles. The molecule has 2 rings (SSSR count). The number of pyridine rings is 1. The SMILES string of the molecule is CCn1c(C(N)CCCOC)nc2cnccc21. The quantitative estimate of drug-likeness (QED) is 0.793. The van der Waals surface area contributed by atoms with Crippen LogP contribution in [0.3, 0.4) is 0 Å². The van der Waals surface area contributed by atoms with E-state index >= 15 is 0 Å². The molecule has 0 aliphatic rings. The Morgan fingerprint density at radius 3 is 3.06 bits per heavy atom. The van der Waals surface area contributed by atoms with Gasteiger partial charge in [0.05, 0.1) is 17.8 Å². The first-order valence-corrected chi connectivity index (χ1v) is 6.32. The van der Waals surface area contributed by atoms with Crippen molar-refractivity contribution in [1.29, 1.82) is 0 Å². The van der Waals surface area contributed by atoms with E-state index in [2.05, 4.69) is 21.5 Å². The van der Waals surface area contributed by atoms with Crippen LogP contribution in [0.4, 0.5) is 0 Å². The molecule has 0 bridgehead atoms. The van der Waals surface area contributed by atoms with Crippen molar-refractivity contribution in [3.8, 4) is 0 Å². The van der Waals surface area contributed by atoms with Crippen LogP contribution in [0.15, 0.2) is 18.5 Å². The van der Waals surface area contributed by atoms with E-state index in [9.17, 15) is 0 Å². The predicted octanol–water partition coefficient (Wildman–Crippen LogP) is 1.88. The molecular formula is C13H20N4O. The molecule has 0 aromatic carbocycles. The summed E-state index contributed by atoms with van der Waals surface area (Å²) in [7, 11) is 1.71. The number of nitrogens with two attached hydrogens (primary N) is 1. The van der Waals surface area contributed by atoms with Crippen LogP contribution < -0.4 is 5.73 Å². The highest BCUT2D eigenvalue weighted by Crippen LogP contribution is 2.21. The highest BCUT2D eigenvalue weighted by molar-refractivity contribution is 5.74. The van der Waals surface area contributed by atoms with E-state index < -0.39 is 0 Å². The Morgan fingerprint density at radius 2 is 2.33 bits per heavy atom. The minimum atomic E-state index is -0.0486. The number of hydrogen-bond acceptors (Lipinski definition) is 4. The highest BCUT2D eigenvalue weighted by Gasteiger charge is 2.15. The van der Waals surface area contributed by atoms with E-state index in [-0.39, 0.29) is 6.04 Å². The molecule has 1 unspecified atom stereocenters. The van der Waals surface area contributed by atoms with Crippen molar-refractivity contribution < 1.29 is 4.74 Å². The van der Waals surface area contributed by atoms with Gasteiger partial charge in [0.25, 0.3) is 0 Å². The van der Waals surface area contributed by atoms with Crippen molar-refractivity contribution in [3.05, 3.63) is 24.3 Å². The van der Waals surface area contributed by atoms with Crippen molar-refractivity contribution >= 4 is 11.0 Å². The average Bonchev–Trinajstić information content (AvgIpc) is 2.77. The van der Waals surface area contributed by atoms with Crippen molar-refractivity contribution in [2.75, 3.05) is 13.7 Å². The van der Waals surface area contributed by atoms with Gasteiger partial charge >= 0.3 is 0 Å². The van der Waals surface area contributed by atoms with E-state index in [1.807, 2.05) is 6.07 Å². The zero-order valence-corrected chi connectivity index (χ0v) is 11.0. The van der Waals surface area contributed by atoms with Gasteiger partial charge in [-0.2, -0.15) is 0 Å². The molecule has 1 atom stereocenters. The number of imidazole rings is 1. The second kappa shape index (κ2) is 5.93. The van der Waals surface area contributed by atoms with Gasteiger partial charge < -0.3 is 15.0 Å². The minimum absolute atomic E-state index is 0.0486. The van der Waals surface area contributed by atoms with E-state index in [1.54, 1.807) is 19.5 Å². The molecule has 0 saturated carbocycles. The van der Waals surface area contributed by atoms with Crippen molar-refractivity contribution in [2.24, 2.45) is 5.73 Å². The zero-order chi connectivity index (χ0) is 13.0. The summed E-state index contributed by atoms with van der Waals surface area (Å²) >= 11 is 0. The third kappa shape index (κ3) is 2.52. The van der Waals surface area contributed by atoms with Crippen LogP contribution in [-0.2, 0) is 11.3 Å². The number of aromatic nitrogens is 3. The molecule has 0 spiro atoms. The maximum Gasteiger partial charge on any atom is 0.126 e. The summed E-state index contributed by atoms with van der Waals surface area (Å²) in [5.41, 5.74) is 8.23. The number of hydrogen-bond donors (Lipinski definition) is 1. The van der Waals surface area contributed by atoms with E-state index in [4.69, 9.17) is 10.5 Å². The van der Waals surface area contributed by atoms with Gasteiger partial charge in [-0.1, -0.05) is 0 Å². The molecule has 5 nitrogen and oxygen atoms in total. The van der Waals surface area contributed by atoms with Gasteiger partial charge in [0.15, 0.2) is 0 Å². The van der Waals surface area contributed by atoms with Crippen LogP contribution in [0.5, 0.6) is 0 Å². The van der Waals surface area contributed by atoms with Crippen molar-refractivity contribution in [3.63, 3.8) is 0 Å². The second-order valence-corrected chi connectivity index (χ2v) is 4.32. The van der Waals surface area contributed by atoms with Gasteiger partial charge in [0.2, 0.25) is 0 Å². The zero-order valence-electron chi connectivity index (χ0n) is 11.0. The van der Waals surface area contributed by atoms with E-state index in [0.29, 0.717) is 0 Å². The Bertz CT molecular complexity index is 509. The number of aryl methyl sites for hydroxylation is 1. The van der Waals surface area contributed by atoms with E-state index in [0.717, 1.165) is 42.9 Å². The maximum atomic E-state index is 6.22. The Kier molecular flexibility index (Phi) is 4.28. The molecule has 98 valence electrons. The first-order chi connectivity index (χ1) is 8.77. The molecular weight excluding hydrogens is 228 g/mol. The van der Waals surface area contributed by atoms with Crippen molar-refractivity contribution in [1.82, 2.24) is 14.5 Å². The molecule has 2 N–H and O–H groups in total. The van der Waals surface area contributed by atoms with Crippen LogP contribution in [-0.4, -0.2) is 28.3 Å². The number of fused-ring (bicyclic) bond motifs is 1. The van der Waals surface area contributed by atoms with Gasteiger partial charge in [0.1, 0.15) is 11.3 Å². The van der Waals surface area contributed by atoms with Gasteiger partial charge in [-0.3, -0.25) is 4.98 Å². The third-order valence-corrected chi connectivity index (χ3v) is 3.09. The molecule has 5 heteroatoms. The minimum Gasteiger partial charge on any atom is -0.385 e. The van der Waals surface area contributed by atoms with Gasteiger partial charge in [-0.15, -0.1) is 0 Å². The van der Waals surface area contributed by atoms with E-state index in [1.165, 1.54) is 0 Å². The topological polar surface area (TPSA) is 66.0 Å². The fourth-order valence-electron chi connectivity index (χ4n) is 2.19. The number of methoxy groups -OCH3 is 1. The predicted molar refractivity (Wildman–Crippen MR) is 71.2 cm³/mol. The Balaban J connectivity index is 2.26. The summed E-state index contributed by atoms with van der Waals surface area (Å²) in [5, 5.41) is 0. The molecule has 0 radical (unpaired) electrons. The lowest BCUT2D eigenvalue weighted by Gasteiger charge is -2.13. The Labute approximate surface area is 107 Å². The molecule has 0 fully saturated rings. The Hall–Kier alpha value is -1.46. The first kappa shape index (κ1) is 13.0. The standard InChI is InChI=1S/C13H20N4O/c1-3-17-12-6-7-15-9-11(12)16-13(17)10(14)5-4-8-18-2/h6-7,9-10H,3-5,8,14H2,1-2H3. The average molecular weight is 248 g/mol. The molecule has 2 aromatic rings. The molecule has 2 aromatic heterocycles. The van der Waals surface area contributed by atoms with Crippen LogP contribution in [0.25, 0.3) is 11.0 Å². The third-order valence-electron chi connectivity index (χ3n) is 3.09. The fourth-order valence-corrected chi connectivity index (χ4v) is 2.19. The van der Waals surface area contributed by atoms with Crippen molar-refractivity contribution in [2.45, 2.75) is 32.4 Å². The van der Waals surface area contributed by atoms with Gasteiger partial charge in [-0.25, -0.2) is 4.98 Å². The van der Waals surface area contributed by atoms with Crippen LogP contribution >= 0.6 is 0 Å². The number of rotatable bonds is 6.